The molecule has 5 heteroatoms. The largest absolute Gasteiger partial charge is 0.496 e. The van der Waals surface area contributed by atoms with E-state index in [1.807, 2.05) is 23.1 Å². The molecule has 0 aromatic heterocycles. The number of hydrogen-bond acceptors (Lipinski definition) is 3. The highest BCUT2D eigenvalue weighted by molar-refractivity contribution is 9.10. The number of ether oxygens (including phenoxy) is 1. The highest BCUT2D eigenvalue weighted by Crippen LogP contribution is 2.25. The Kier molecular flexibility index (Phi) is 4.47. The van der Waals surface area contributed by atoms with Gasteiger partial charge in [-0.2, -0.15) is 0 Å². The van der Waals surface area contributed by atoms with Gasteiger partial charge in [0.15, 0.2) is 0 Å². The first-order valence-corrected chi connectivity index (χ1v) is 7.19. The molecule has 2 rings (SSSR count). The summed E-state index contributed by atoms with van der Waals surface area (Å²) in [6.45, 7) is 5.63. The minimum Gasteiger partial charge on any atom is -0.496 e. The van der Waals surface area contributed by atoms with Crippen LogP contribution in [-0.2, 0) is 0 Å². The summed E-state index contributed by atoms with van der Waals surface area (Å²) in [5.74, 6) is 0.641. The summed E-state index contributed by atoms with van der Waals surface area (Å²) in [5.41, 5.74) is 0.618. The molecule has 0 aliphatic carbocycles. The monoisotopic (exact) mass is 326 g/mol. The van der Waals surface area contributed by atoms with Gasteiger partial charge in [-0.25, -0.2) is 0 Å². The van der Waals surface area contributed by atoms with Gasteiger partial charge in [0, 0.05) is 29.6 Å². The second-order valence-electron chi connectivity index (χ2n) is 5.02. The molecule has 1 aliphatic heterocycles. The Morgan fingerprint density at radius 1 is 1.37 bits per heavy atom. The zero-order chi connectivity index (χ0) is 14.0. The van der Waals surface area contributed by atoms with Crippen LogP contribution < -0.4 is 10.1 Å². The number of carbonyl (C=O) groups is 1. The summed E-state index contributed by atoms with van der Waals surface area (Å²) in [6.07, 6.45) is 0. The summed E-state index contributed by atoms with van der Waals surface area (Å²) < 4.78 is 6.20. The minimum atomic E-state index is 0.0320. The number of nitrogens with one attached hydrogen (secondary N) is 1. The molecular weight excluding hydrogens is 308 g/mol. The third-order valence-electron chi connectivity index (χ3n) is 3.24. The summed E-state index contributed by atoms with van der Waals surface area (Å²) in [4.78, 5) is 14.5. The first-order chi connectivity index (χ1) is 9.01. The standard InChI is InChI=1S/C14H19BrN2O2/c1-9-7-17(8-10(2)16-9)14(18)12-5-4-11(15)6-13(12)19-3/h4-6,9-10,16H,7-8H2,1-3H3/t9-,10-/m1/s1. The quantitative estimate of drug-likeness (QED) is 0.906. The number of carbonyl (C=O) groups excluding carboxylic acids is 1. The van der Waals surface area contributed by atoms with E-state index in [2.05, 4.69) is 35.1 Å². The van der Waals surface area contributed by atoms with E-state index in [1.54, 1.807) is 7.11 Å². The van der Waals surface area contributed by atoms with Gasteiger partial charge in [0.1, 0.15) is 5.75 Å². The molecule has 0 bridgehead atoms. The number of hydrogen-bond donors (Lipinski definition) is 1. The van der Waals surface area contributed by atoms with E-state index in [0.717, 1.165) is 17.6 Å². The normalized spacial score (nSPS) is 23.3. The SMILES string of the molecule is COc1cc(Br)ccc1C(=O)N1C[C@@H](C)N[C@H](C)C1. The summed E-state index contributed by atoms with van der Waals surface area (Å²) in [6, 6.07) is 6.12. The molecular formula is C14H19BrN2O2. The van der Waals surface area contributed by atoms with Crippen molar-refractivity contribution in [3.8, 4) is 5.75 Å². The zero-order valence-electron chi connectivity index (χ0n) is 11.4. The number of piperazine rings is 1. The number of nitrogens with zero attached hydrogens (tertiary/aromatic N) is 1. The highest BCUT2D eigenvalue weighted by atomic mass is 79.9. The first-order valence-electron chi connectivity index (χ1n) is 6.40. The Morgan fingerprint density at radius 3 is 2.58 bits per heavy atom. The molecule has 1 saturated heterocycles. The number of halogens is 1. The zero-order valence-corrected chi connectivity index (χ0v) is 13.0. The van der Waals surface area contributed by atoms with Crippen LogP contribution in [0.3, 0.4) is 0 Å². The van der Waals surface area contributed by atoms with Crippen LogP contribution in [0, 0.1) is 0 Å². The lowest BCUT2D eigenvalue weighted by molar-refractivity contribution is 0.0670. The predicted molar refractivity (Wildman–Crippen MR) is 78.7 cm³/mol. The lowest BCUT2D eigenvalue weighted by Crippen LogP contribution is -2.55. The van der Waals surface area contributed by atoms with E-state index >= 15 is 0 Å². The van der Waals surface area contributed by atoms with Crippen LogP contribution in [0.15, 0.2) is 22.7 Å². The van der Waals surface area contributed by atoms with E-state index in [-0.39, 0.29) is 5.91 Å². The minimum absolute atomic E-state index is 0.0320. The molecule has 1 N–H and O–H groups in total. The van der Waals surface area contributed by atoms with Crippen LogP contribution in [-0.4, -0.2) is 43.1 Å². The maximum Gasteiger partial charge on any atom is 0.257 e. The molecule has 4 nitrogen and oxygen atoms in total. The third-order valence-corrected chi connectivity index (χ3v) is 3.73. The molecule has 2 atom stereocenters. The van der Waals surface area contributed by atoms with Gasteiger partial charge >= 0.3 is 0 Å². The maximum atomic E-state index is 12.6. The van der Waals surface area contributed by atoms with Crippen molar-refractivity contribution in [2.75, 3.05) is 20.2 Å². The average molecular weight is 327 g/mol. The molecule has 0 unspecified atom stereocenters. The van der Waals surface area contributed by atoms with Crippen molar-refractivity contribution in [1.82, 2.24) is 10.2 Å². The first kappa shape index (κ1) is 14.3. The molecule has 0 radical (unpaired) electrons. The van der Waals surface area contributed by atoms with E-state index in [0.29, 0.717) is 23.4 Å². The van der Waals surface area contributed by atoms with Gasteiger partial charge in [0.2, 0.25) is 0 Å². The Hall–Kier alpha value is -1.07. The molecule has 19 heavy (non-hydrogen) atoms. The van der Waals surface area contributed by atoms with Gasteiger partial charge in [-0.15, -0.1) is 0 Å². The Bertz CT molecular complexity index is 469. The molecule has 1 fully saturated rings. The molecule has 1 aliphatic rings. The number of benzene rings is 1. The second-order valence-corrected chi connectivity index (χ2v) is 5.94. The lowest BCUT2D eigenvalue weighted by Gasteiger charge is -2.36. The van der Waals surface area contributed by atoms with E-state index in [4.69, 9.17) is 4.74 Å². The van der Waals surface area contributed by atoms with Crippen molar-refractivity contribution in [3.63, 3.8) is 0 Å². The van der Waals surface area contributed by atoms with Gasteiger partial charge < -0.3 is 15.0 Å². The Labute approximate surface area is 122 Å². The van der Waals surface area contributed by atoms with Gasteiger partial charge in [-0.1, -0.05) is 15.9 Å². The highest BCUT2D eigenvalue weighted by Gasteiger charge is 2.27. The molecule has 1 amide bonds. The van der Waals surface area contributed by atoms with E-state index in [9.17, 15) is 4.79 Å². The summed E-state index contributed by atoms with van der Waals surface area (Å²) in [5, 5.41) is 3.42. The molecule has 0 spiro atoms. The van der Waals surface area contributed by atoms with Gasteiger partial charge in [0.05, 0.1) is 12.7 Å². The van der Waals surface area contributed by atoms with Crippen LogP contribution in [0.4, 0.5) is 0 Å². The molecule has 1 aromatic rings. The summed E-state index contributed by atoms with van der Waals surface area (Å²) in [7, 11) is 1.58. The van der Waals surface area contributed by atoms with Crippen molar-refractivity contribution in [2.24, 2.45) is 0 Å². The van der Waals surface area contributed by atoms with Crippen LogP contribution >= 0.6 is 15.9 Å². The number of methoxy groups -OCH3 is 1. The number of amides is 1. The third kappa shape index (κ3) is 3.28. The van der Waals surface area contributed by atoms with Crippen molar-refractivity contribution in [3.05, 3.63) is 28.2 Å². The second kappa shape index (κ2) is 5.92. The molecule has 1 heterocycles. The van der Waals surface area contributed by atoms with Gasteiger partial charge in [0.25, 0.3) is 5.91 Å². The van der Waals surface area contributed by atoms with Gasteiger partial charge in [-0.3, -0.25) is 4.79 Å². The van der Waals surface area contributed by atoms with Crippen molar-refractivity contribution >= 4 is 21.8 Å². The fourth-order valence-corrected chi connectivity index (χ4v) is 2.84. The molecule has 104 valence electrons. The average Bonchev–Trinajstić information content (AvgIpc) is 2.36. The fourth-order valence-electron chi connectivity index (χ4n) is 2.50. The fraction of sp³-hybridized carbons (Fsp3) is 0.500. The summed E-state index contributed by atoms with van der Waals surface area (Å²) >= 11 is 3.39. The van der Waals surface area contributed by atoms with Crippen LogP contribution in [0.1, 0.15) is 24.2 Å². The molecule has 1 aromatic carbocycles. The van der Waals surface area contributed by atoms with E-state index < -0.39 is 0 Å². The van der Waals surface area contributed by atoms with Crippen LogP contribution in [0.25, 0.3) is 0 Å². The Balaban J connectivity index is 2.24. The van der Waals surface area contributed by atoms with Crippen molar-refractivity contribution in [1.29, 1.82) is 0 Å². The van der Waals surface area contributed by atoms with Crippen molar-refractivity contribution < 1.29 is 9.53 Å². The Morgan fingerprint density at radius 2 is 2.00 bits per heavy atom. The molecule has 0 saturated carbocycles. The smallest absolute Gasteiger partial charge is 0.257 e. The number of rotatable bonds is 2. The topological polar surface area (TPSA) is 41.6 Å². The van der Waals surface area contributed by atoms with Crippen molar-refractivity contribution in [2.45, 2.75) is 25.9 Å². The van der Waals surface area contributed by atoms with Crippen LogP contribution in [0.5, 0.6) is 5.75 Å². The lowest BCUT2D eigenvalue weighted by atomic mass is 10.1. The van der Waals surface area contributed by atoms with Crippen LogP contribution in [0.2, 0.25) is 0 Å². The predicted octanol–water partition coefficient (Wildman–Crippen LogP) is 2.28. The van der Waals surface area contributed by atoms with Gasteiger partial charge in [-0.05, 0) is 32.0 Å². The van der Waals surface area contributed by atoms with E-state index in [1.165, 1.54) is 0 Å². The maximum absolute atomic E-state index is 12.6.